The van der Waals surface area contributed by atoms with Gasteiger partial charge in [0.2, 0.25) is 0 Å². The van der Waals surface area contributed by atoms with Crippen LogP contribution in [-0.2, 0) is 12.7 Å². The van der Waals surface area contributed by atoms with Gasteiger partial charge >= 0.3 is 6.18 Å². The van der Waals surface area contributed by atoms with E-state index in [0.29, 0.717) is 30.1 Å². The zero-order chi connectivity index (χ0) is 16.4. The van der Waals surface area contributed by atoms with Gasteiger partial charge in [-0.15, -0.1) is 12.4 Å². The molecule has 1 unspecified atom stereocenters. The average Bonchev–Trinajstić information content (AvgIpc) is 3.01. The van der Waals surface area contributed by atoms with Crippen LogP contribution in [0, 0.1) is 11.7 Å². The van der Waals surface area contributed by atoms with E-state index >= 15 is 0 Å². The van der Waals surface area contributed by atoms with Crippen LogP contribution in [0.4, 0.5) is 17.6 Å². The lowest BCUT2D eigenvalue weighted by Crippen LogP contribution is -2.40. The van der Waals surface area contributed by atoms with Crippen LogP contribution in [0.5, 0.6) is 0 Å². The second-order valence-corrected chi connectivity index (χ2v) is 6.66. The SMILES string of the molecule is Cl.Fc1cc(CN2CCC(C3CCCN3)CC2)cc(C(F)(F)F)c1. The molecule has 1 aromatic rings. The first-order valence-electron chi connectivity index (χ1n) is 8.24. The minimum absolute atomic E-state index is 0. The number of alkyl halides is 3. The predicted molar refractivity (Wildman–Crippen MR) is 87.7 cm³/mol. The van der Waals surface area contributed by atoms with Crippen LogP contribution in [0.25, 0.3) is 0 Å². The summed E-state index contributed by atoms with van der Waals surface area (Å²) < 4.78 is 51.7. The van der Waals surface area contributed by atoms with Crippen molar-refractivity contribution in [3.8, 4) is 0 Å². The average molecular weight is 367 g/mol. The van der Waals surface area contributed by atoms with Crippen LogP contribution >= 0.6 is 12.4 Å². The van der Waals surface area contributed by atoms with Gasteiger partial charge in [0.15, 0.2) is 0 Å². The van der Waals surface area contributed by atoms with Crippen molar-refractivity contribution in [2.45, 2.75) is 44.4 Å². The molecule has 0 bridgehead atoms. The van der Waals surface area contributed by atoms with Gasteiger partial charge in [0.1, 0.15) is 5.82 Å². The molecule has 1 atom stereocenters. The topological polar surface area (TPSA) is 15.3 Å². The number of piperidine rings is 1. The zero-order valence-electron chi connectivity index (χ0n) is 13.4. The smallest absolute Gasteiger partial charge is 0.314 e. The monoisotopic (exact) mass is 366 g/mol. The fourth-order valence-electron chi connectivity index (χ4n) is 3.79. The number of nitrogens with one attached hydrogen (secondary N) is 1. The van der Waals surface area contributed by atoms with Crippen LogP contribution in [0.15, 0.2) is 18.2 Å². The highest BCUT2D eigenvalue weighted by atomic mass is 35.5. The van der Waals surface area contributed by atoms with Gasteiger partial charge < -0.3 is 5.32 Å². The highest BCUT2D eigenvalue weighted by molar-refractivity contribution is 5.85. The van der Waals surface area contributed by atoms with Crippen molar-refractivity contribution in [3.05, 3.63) is 35.1 Å². The Morgan fingerprint density at radius 3 is 2.38 bits per heavy atom. The number of hydrogen-bond acceptors (Lipinski definition) is 2. The van der Waals surface area contributed by atoms with Crippen molar-refractivity contribution in [1.82, 2.24) is 10.2 Å². The zero-order valence-corrected chi connectivity index (χ0v) is 14.2. The number of rotatable bonds is 3. The van der Waals surface area contributed by atoms with Gasteiger partial charge in [0, 0.05) is 12.6 Å². The summed E-state index contributed by atoms with van der Waals surface area (Å²) in [6, 6.07) is 3.43. The van der Waals surface area contributed by atoms with Crippen molar-refractivity contribution >= 4 is 12.4 Å². The van der Waals surface area contributed by atoms with E-state index in [1.165, 1.54) is 18.9 Å². The Hall–Kier alpha value is -0.850. The molecular weight excluding hydrogens is 344 g/mol. The molecule has 2 aliphatic rings. The number of likely N-dealkylation sites (tertiary alicyclic amines) is 1. The first kappa shape index (κ1) is 19.5. The molecule has 0 spiro atoms. The van der Waals surface area contributed by atoms with Gasteiger partial charge in [-0.3, -0.25) is 4.90 Å². The molecule has 136 valence electrons. The maximum Gasteiger partial charge on any atom is 0.416 e. The molecule has 2 aliphatic heterocycles. The number of halogens is 5. The summed E-state index contributed by atoms with van der Waals surface area (Å²) in [5.74, 6) is -0.160. The first-order chi connectivity index (χ1) is 10.9. The third-order valence-electron chi connectivity index (χ3n) is 4.99. The Labute approximate surface area is 146 Å². The van der Waals surface area contributed by atoms with E-state index in [9.17, 15) is 17.6 Å². The van der Waals surface area contributed by atoms with E-state index in [1.807, 2.05) is 0 Å². The Bertz CT molecular complexity index is 536. The predicted octanol–water partition coefficient (Wildman–Crippen LogP) is 4.23. The Morgan fingerprint density at radius 1 is 1.08 bits per heavy atom. The van der Waals surface area contributed by atoms with Crippen LogP contribution in [0.3, 0.4) is 0 Å². The van der Waals surface area contributed by atoms with Crippen molar-refractivity contribution in [2.24, 2.45) is 5.92 Å². The molecule has 1 N–H and O–H groups in total. The lowest BCUT2D eigenvalue weighted by Gasteiger charge is -2.35. The van der Waals surface area contributed by atoms with E-state index in [4.69, 9.17) is 0 Å². The minimum atomic E-state index is -4.50. The van der Waals surface area contributed by atoms with E-state index in [0.717, 1.165) is 38.5 Å². The summed E-state index contributed by atoms with van der Waals surface area (Å²) in [4.78, 5) is 2.13. The van der Waals surface area contributed by atoms with E-state index < -0.39 is 17.6 Å². The molecule has 0 radical (unpaired) electrons. The Morgan fingerprint density at radius 2 is 1.79 bits per heavy atom. The highest BCUT2D eigenvalue weighted by Crippen LogP contribution is 2.31. The molecule has 1 aromatic carbocycles. The van der Waals surface area contributed by atoms with Crippen molar-refractivity contribution in [2.75, 3.05) is 19.6 Å². The van der Waals surface area contributed by atoms with Gasteiger partial charge in [-0.1, -0.05) is 0 Å². The maximum absolute atomic E-state index is 13.5. The molecule has 7 heteroatoms. The maximum atomic E-state index is 13.5. The number of nitrogens with zero attached hydrogens (tertiary/aromatic N) is 1. The first-order valence-corrected chi connectivity index (χ1v) is 8.24. The van der Waals surface area contributed by atoms with Gasteiger partial charge in [-0.05, 0) is 75.0 Å². The highest BCUT2D eigenvalue weighted by Gasteiger charge is 2.32. The van der Waals surface area contributed by atoms with E-state index in [1.54, 1.807) is 0 Å². The molecular formula is C17H23ClF4N2. The standard InChI is InChI=1S/C17H22F4N2.ClH/c18-15-9-12(8-14(10-15)17(19,20)21)11-23-6-3-13(4-7-23)16-2-1-5-22-16;/h8-10,13,16,22H,1-7,11H2;1H. The second kappa shape index (κ2) is 8.02. The van der Waals surface area contributed by atoms with Crippen LogP contribution < -0.4 is 5.32 Å². The quantitative estimate of drug-likeness (QED) is 0.805. The molecule has 3 rings (SSSR count). The third kappa shape index (κ3) is 4.83. The fourth-order valence-corrected chi connectivity index (χ4v) is 3.79. The molecule has 0 amide bonds. The third-order valence-corrected chi connectivity index (χ3v) is 4.99. The van der Waals surface area contributed by atoms with Crippen molar-refractivity contribution < 1.29 is 17.6 Å². The lowest BCUT2D eigenvalue weighted by molar-refractivity contribution is -0.137. The van der Waals surface area contributed by atoms with Gasteiger partial charge in [0.05, 0.1) is 5.56 Å². The largest absolute Gasteiger partial charge is 0.416 e. The summed E-state index contributed by atoms with van der Waals surface area (Å²) in [5.41, 5.74) is -0.507. The molecule has 0 aliphatic carbocycles. The van der Waals surface area contributed by atoms with Gasteiger partial charge in [-0.25, -0.2) is 4.39 Å². The molecule has 2 saturated heterocycles. The molecule has 2 nitrogen and oxygen atoms in total. The second-order valence-electron chi connectivity index (χ2n) is 6.66. The molecule has 24 heavy (non-hydrogen) atoms. The summed E-state index contributed by atoms with van der Waals surface area (Å²) >= 11 is 0. The normalized spacial score (nSPS) is 23.2. The van der Waals surface area contributed by atoms with E-state index in [-0.39, 0.29) is 12.4 Å². The van der Waals surface area contributed by atoms with Crippen LogP contribution in [0.1, 0.15) is 36.8 Å². The van der Waals surface area contributed by atoms with Crippen molar-refractivity contribution in [3.63, 3.8) is 0 Å². The summed E-state index contributed by atoms with van der Waals surface area (Å²) in [7, 11) is 0. The molecule has 2 heterocycles. The van der Waals surface area contributed by atoms with Crippen molar-refractivity contribution in [1.29, 1.82) is 0 Å². The van der Waals surface area contributed by atoms with Crippen LogP contribution in [0.2, 0.25) is 0 Å². The van der Waals surface area contributed by atoms with E-state index in [2.05, 4.69) is 10.2 Å². The van der Waals surface area contributed by atoms with Gasteiger partial charge in [-0.2, -0.15) is 13.2 Å². The van der Waals surface area contributed by atoms with Crippen LogP contribution in [-0.4, -0.2) is 30.6 Å². The lowest BCUT2D eigenvalue weighted by atomic mass is 9.88. The molecule has 0 aromatic heterocycles. The Balaban J connectivity index is 0.00000208. The summed E-state index contributed by atoms with van der Waals surface area (Å²) in [6.45, 7) is 3.20. The minimum Gasteiger partial charge on any atom is -0.314 e. The summed E-state index contributed by atoms with van der Waals surface area (Å²) in [6.07, 6.45) is 0.0636. The molecule has 2 fully saturated rings. The number of hydrogen-bond donors (Lipinski definition) is 1. The summed E-state index contributed by atoms with van der Waals surface area (Å²) in [5, 5.41) is 3.53. The number of benzene rings is 1. The Kier molecular flexibility index (Phi) is 6.51. The fraction of sp³-hybridized carbons (Fsp3) is 0.647. The molecule has 0 saturated carbocycles. The van der Waals surface area contributed by atoms with Gasteiger partial charge in [0.25, 0.3) is 0 Å².